The number of anilines is 2. The molecule has 48 heavy (non-hydrogen) atoms. The molecular formula is C39H35N3O5S. The summed E-state index contributed by atoms with van der Waals surface area (Å²) < 4.78 is 10.8. The zero-order valence-corrected chi connectivity index (χ0v) is 27.5. The number of carbonyl (C=O) groups is 3. The van der Waals surface area contributed by atoms with Gasteiger partial charge in [-0.05, 0) is 90.9 Å². The summed E-state index contributed by atoms with van der Waals surface area (Å²) >= 11 is 1.40. The van der Waals surface area contributed by atoms with Crippen LogP contribution < -0.4 is 25.4 Å². The van der Waals surface area contributed by atoms with E-state index < -0.39 is 17.1 Å². The number of aryl methyl sites for hydroxylation is 1. The van der Waals surface area contributed by atoms with Gasteiger partial charge < -0.3 is 25.4 Å². The molecule has 5 aromatic carbocycles. The van der Waals surface area contributed by atoms with E-state index in [9.17, 15) is 14.4 Å². The molecule has 5 rings (SSSR count). The molecule has 0 aliphatic heterocycles. The first-order valence-corrected chi connectivity index (χ1v) is 16.0. The zero-order valence-electron chi connectivity index (χ0n) is 26.7. The molecule has 0 aromatic heterocycles. The molecule has 242 valence electrons. The Morgan fingerprint density at radius 1 is 0.708 bits per heavy atom. The summed E-state index contributed by atoms with van der Waals surface area (Å²) in [6, 6.07) is 38.3. The van der Waals surface area contributed by atoms with Crippen LogP contribution in [-0.4, -0.2) is 31.9 Å². The van der Waals surface area contributed by atoms with Gasteiger partial charge in [-0.15, -0.1) is 11.8 Å². The first kappa shape index (κ1) is 33.6. The molecule has 0 heterocycles. The van der Waals surface area contributed by atoms with E-state index in [0.29, 0.717) is 28.3 Å². The van der Waals surface area contributed by atoms with E-state index in [1.165, 1.54) is 18.9 Å². The maximum atomic E-state index is 13.6. The quantitative estimate of drug-likeness (QED) is 0.0931. The normalized spacial score (nSPS) is 11.6. The van der Waals surface area contributed by atoms with Crippen molar-refractivity contribution in [2.24, 2.45) is 0 Å². The molecular weight excluding hydrogens is 623 g/mol. The maximum Gasteiger partial charge on any atom is 0.272 e. The zero-order chi connectivity index (χ0) is 33.9. The Labute approximate surface area is 284 Å². The van der Waals surface area contributed by atoms with Crippen molar-refractivity contribution >= 4 is 46.9 Å². The molecule has 0 aliphatic rings. The number of amides is 3. The highest BCUT2D eigenvalue weighted by molar-refractivity contribution is 8.00. The van der Waals surface area contributed by atoms with Crippen molar-refractivity contribution in [3.05, 3.63) is 155 Å². The lowest BCUT2D eigenvalue weighted by Gasteiger charge is -2.18. The van der Waals surface area contributed by atoms with E-state index in [-0.39, 0.29) is 11.6 Å². The van der Waals surface area contributed by atoms with Gasteiger partial charge in [0.1, 0.15) is 22.4 Å². The molecule has 8 nitrogen and oxygen atoms in total. The highest BCUT2D eigenvalue weighted by Gasteiger charge is 2.23. The summed E-state index contributed by atoms with van der Waals surface area (Å²) in [4.78, 5) is 41.1. The Morgan fingerprint density at radius 2 is 1.42 bits per heavy atom. The van der Waals surface area contributed by atoms with Crippen molar-refractivity contribution in [3.8, 4) is 11.5 Å². The van der Waals surface area contributed by atoms with Gasteiger partial charge in [0.25, 0.3) is 11.8 Å². The number of methoxy groups -OCH3 is 2. The summed E-state index contributed by atoms with van der Waals surface area (Å²) in [5.41, 5.74) is 4.09. The van der Waals surface area contributed by atoms with E-state index in [4.69, 9.17) is 9.47 Å². The fourth-order valence-electron chi connectivity index (χ4n) is 4.83. The van der Waals surface area contributed by atoms with Crippen LogP contribution in [0.4, 0.5) is 11.4 Å². The molecule has 0 bridgehead atoms. The van der Waals surface area contributed by atoms with Gasteiger partial charge in [0.2, 0.25) is 5.91 Å². The largest absolute Gasteiger partial charge is 0.497 e. The number of thioether (sulfide) groups is 1. The lowest BCUT2D eigenvalue weighted by atomic mass is 10.1. The van der Waals surface area contributed by atoms with Crippen molar-refractivity contribution in [2.45, 2.75) is 17.1 Å². The fourth-order valence-corrected chi connectivity index (χ4v) is 5.86. The average molecular weight is 658 g/mol. The van der Waals surface area contributed by atoms with Gasteiger partial charge in [-0.2, -0.15) is 0 Å². The van der Waals surface area contributed by atoms with E-state index in [2.05, 4.69) is 16.0 Å². The van der Waals surface area contributed by atoms with Crippen molar-refractivity contribution < 1.29 is 23.9 Å². The van der Waals surface area contributed by atoms with E-state index >= 15 is 0 Å². The second kappa shape index (κ2) is 16.2. The molecule has 9 heteroatoms. The van der Waals surface area contributed by atoms with Crippen LogP contribution in [0, 0.1) is 6.92 Å². The van der Waals surface area contributed by atoms with Crippen LogP contribution in [0.25, 0.3) is 6.08 Å². The van der Waals surface area contributed by atoms with Crippen LogP contribution in [0.5, 0.6) is 11.5 Å². The van der Waals surface area contributed by atoms with Crippen LogP contribution in [-0.2, 0) is 9.59 Å². The lowest BCUT2D eigenvalue weighted by molar-refractivity contribution is -0.116. The summed E-state index contributed by atoms with van der Waals surface area (Å²) in [5.74, 6) is -0.0710. The van der Waals surface area contributed by atoms with Crippen LogP contribution in [0.15, 0.2) is 138 Å². The van der Waals surface area contributed by atoms with E-state index in [1.807, 2.05) is 79.7 Å². The number of carbonyl (C=O) groups excluding carboxylic acids is 3. The first-order chi connectivity index (χ1) is 23.3. The number of benzene rings is 5. The van der Waals surface area contributed by atoms with Gasteiger partial charge in [-0.25, -0.2) is 0 Å². The molecule has 3 N–H and O–H groups in total. The minimum atomic E-state index is -0.538. The highest BCUT2D eigenvalue weighted by Crippen LogP contribution is 2.37. The Kier molecular flexibility index (Phi) is 11.3. The lowest BCUT2D eigenvalue weighted by Crippen LogP contribution is -2.30. The third-order valence-electron chi connectivity index (χ3n) is 7.26. The van der Waals surface area contributed by atoms with Gasteiger partial charge in [-0.3, -0.25) is 14.4 Å². The van der Waals surface area contributed by atoms with Crippen LogP contribution in [0.1, 0.15) is 32.3 Å². The second-order valence-corrected chi connectivity index (χ2v) is 11.9. The fraction of sp³-hybridized carbons (Fsp3) is 0.103. The SMILES string of the molecule is COc1ccc(OC)c(/C=C(\NC(=O)c2ccccc2)C(=O)Nc2ccc(SC(C(=O)Nc3cccc(C)c3)c3ccccc3)cc2)c1. The molecule has 0 spiro atoms. The van der Waals surface area contributed by atoms with Crippen molar-refractivity contribution in [1.29, 1.82) is 0 Å². The summed E-state index contributed by atoms with van der Waals surface area (Å²) in [6.07, 6.45) is 1.54. The molecule has 0 radical (unpaired) electrons. The summed E-state index contributed by atoms with van der Waals surface area (Å²) in [7, 11) is 3.07. The van der Waals surface area contributed by atoms with Gasteiger partial charge in [0.15, 0.2) is 0 Å². The number of rotatable bonds is 12. The van der Waals surface area contributed by atoms with Crippen LogP contribution in [0.3, 0.4) is 0 Å². The molecule has 1 atom stereocenters. The number of nitrogens with one attached hydrogen (secondary N) is 3. The first-order valence-electron chi connectivity index (χ1n) is 15.1. The van der Waals surface area contributed by atoms with Crippen molar-refractivity contribution in [3.63, 3.8) is 0 Å². The number of ether oxygens (including phenoxy) is 2. The maximum absolute atomic E-state index is 13.6. The van der Waals surface area contributed by atoms with Crippen molar-refractivity contribution in [1.82, 2.24) is 5.32 Å². The van der Waals surface area contributed by atoms with E-state index in [1.54, 1.807) is 67.8 Å². The predicted octanol–water partition coefficient (Wildman–Crippen LogP) is 7.89. The minimum absolute atomic E-state index is 0.00539. The second-order valence-electron chi connectivity index (χ2n) is 10.7. The Hall–Kier alpha value is -5.80. The Morgan fingerprint density at radius 3 is 2.08 bits per heavy atom. The Bertz CT molecular complexity index is 1910. The molecule has 3 amide bonds. The van der Waals surface area contributed by atoms with Crippen LogP contribution in [0.2, 0.25) is 0 Å². The highest BCUT2D eigenvalue weighted by atomic mass is 32.2. The van der Waals surface area contributed by atoms with Gasteiger partial charge in [-0.1, -0.05) is 60.7 Å². The topological polar surface area (TPSA) is 106 Å². The van der Waals surface area contributed by atoms with E-state index in [0.717, 1.165) is 21.7 Å². The van der Waals surface area contributed by atoms with Gasteiger partial charge in [0.05, 0.1) is 14.2 Å². The third kappa shape index (κ3) is 8.92. The molecule has 0 fully saturated rings. The number of hydrogen-bond donors (Lipinski definition) is 3. The summed E-state index contributed by atoms with van der Waals surface area (Å²) in [6.45, 7) is 1.98. The summed E-state index contributed by atoms with van der Waals surface area (Å²) in [5, 5.41) is 8.14. The predicted molar refractivity (Wildman–Crippen MR) is 191 cm³/mol. The minimum Gasteiger partial charge on any atom is -0.497 e. The smallest absolute Gasteiger partial charge is 0.272 e. The van der Waals surface area contributed by atoms with Crippen molar-refractivity contribution in [2.75, 3.05) is 24.9 Å². The molecule has 0 saturated heterocycles. The molecule has 0 saturated carbocycles. The molecule has 0 aliphatic carbocycles. The standard InChI is InChI=1S/C39H35N3O5S/c1-26-11-10-16-31(23-26)41-39(45)36(27-12-6-4-7-13-27)48-33-20-17-30(18-21-33)40-38(44)34(42-37(43)28-14-8-5-9-15-28)25-29-24-32(46-2)19-22-35(29)47-3/h4-25,36H,1-3H3,(H,40,44)(H,41,45)(H,42,43)/b34-25-. The molecule has 5 aromatic rings. The van der Waals surface area contributed by atoms with Gasteiger partial charge >= 0.3 is 0 Å². The monoisotopic (exact) mass is 657 g/mol. The number of hydrogen-bond acceptors (Lipinski definition) is 6. The Balaban J connectivity index is 1.36. The van der Waals surface area contributed by atoms with Gasteiger partial charge in [0, 0.05) is 27.4 Å². The average Bonchev–Trinajstić information content (AvgIpc) is 3.11. The third-order valence-corrected chi connectivity index (χ3v) is 8.52. The van der Waals surface area contributed by atoms with Crippen LogP contribution >= 0.6 is 11.8 Å². The molecule has 1 unspecified atom stereocenters.